The molecule has 0 saturated carbocycles. The Bertz CT molecular complexity index is 78.2. The first-order valence-corrected chi connectivity index (χ1v) is 3.86. The van der Waals surface area contributed by atoms with Crippen LogP contribution in [0.2, 0.25) is 0 Å². The first-order chi connectivity index (χ1) is 3.41. The van der Waals surface area contributed by atoms with Gasteiger partial charge in [0, 0.05) is 4.43 Å². The number of alkyl halides is 1. The fourth-order valence-electron chi connectivity index (χ4n) is 0.256. The Morgan fingerprint density at radius 3 is 2.86 bits per heavy atom. The molecule has 0 aromatic rings. The molecule has 0 bridgehead atoms. The summed E-state index contributed by atoms with van der Waals surface area (Å²) in [5.41, 5.74) is 2.99. The molecule has 0 aliphatic carbocycles. The zero-order chi connectivity index (χ0) is 5.54. The van der Waals surface area contributed by atoms with Crippen molar-refractivity contribution in [2.24, 2.45) is 0 Å². The summed E-state index contributed by atoms with van der Waals surface area (Å²) in [5, 5.41) is 0. The van der Waals surface area contributed by atoms with Crippen LogP contribution in [0.25, 0.3) is 0 Å². The van der Waals surface area contributed by atoms with E-state index in [0.29, 0.717) is 0 Å². The number of rotatable bonds is 2. The van der Waals surface area contributed by atoms with Crippen molar-refractivity contribution >= 4 is 22.6 Å². The molecular formula is C6H9I. The smallest absolute Gasteiger partial charge is 0.00360 e. The van der Waals surface area contributed by atoms with Gasteiger partial charge in [-0.3, -0.25) is 0 Å². The Labute approximate surface area is 58.4 Å². The van der Waals surface area contributed by atoms with Gasteiger partial charge in [-0.25, -0.2) is 0 Å². The van der Waals surface area contributed by atoms with Crippen LogP contribution < -0.4 is 0 Å². The average molecular weight is 208 g/mol. The number of hydrogen-bond donors (Lipinski definition) is 0. The number of halogens is 1. The molecule has 0 nitrogen and oxygen atoms in total. The van der Waals surface area contributed by atoms with Crippen molar-refractivity contribution in [1.29, 1.82) is 0 Å². The minimum atomic E-state index is 1.14. The second-order valence-corrected chi connectivity index (χ2v) is 2.22. The molecule has 40 valence electrons. The molecule has 0 rings (SSSR count). The molecule has 0 heterocycles. The quantitative estimate of drug-likeness (QED) is 0.371. The van der Waals surface area contributed by atoms with E-state index in [0.717, 1.165) is 6.42 Å². The average Bonchev–Trinajstić information content (AvgIpc) is 1.69. The largest absolute Gasteiger partial charge is 0.130 e. The van der Waals surface area contributed by atoms with Crippen molar-refractivity contribution in [3.05, 3.63) is 17.9 Å². The van der Waals surface area contributed by atoms with E-state index in [1.807, 2.05) is 19.1 Å². The van der Waals surface area contributed by atoms with Gasteiger partial charge in [0.1, 0.15) is 0 Å². The van der Waals surface area contributed by atoms with E-state index in [1.54, 1.807) is 0 Å². The van der Waals surface area contributed by atoms with Gasteiger partial charge >= 0.3 is 0 Å². The Kier molecular flexibility index (Phi) is 6.47. The normalized spacial score (nSPS) is 7.14. The lowest BCUT2D eigenvalue weighted by Gasteiger charge is -1.72. The Hall–Kier alpha value is 0.250. The van der Waals surface area contributed by atoms with Gasteiger partial charge in [-0.2, -0.15) is 0 Å². The van der Waals surface area contributed by atoms with Gasteiger partial charge in [-0.15, -0.1) is 5.73 Å². The molecule has 1 heteroatoms. The van der Waals surface area contributed by atoms with Gasteiger partial charge in [0.05, 0.1) is 0 Å². The summed E-state index contributed by atoms with van der Waals surface area (Å²) in [7, 11) is 0. The van der Waals surface area contributed by atoms with Crippen LogP contribution in [0.5, 0.6) is 0 Å². The van der Waals surface area contributed by atoms with Crippen molar-refractivity contribution in [1.82, 2.24) is 0 Å². The van der Waals surface area contributed by atoms with E-state index in [9.17, 15) is 0 Å². The summed E-state index contributed by atoms with van der Waals surface area (Å²) < 4.78 is 1.19. The van der Waals surface area contributed by atoms with Gasteiger partial charge < -0.3 is 0 Å². The molecule has 0 unspecified atom stereocenters. The Morgan fingerprint density at radius 1 is 1.71 bits per heavy atom. The molecule has 0 fully saturated rings. The fourth-order valence-corrected chi connectivity index (χ4v) is 0.567. The lowest BCUT2D eigenvalue weighted by molar-refractivity contribution is 1.28. The lowest BCUT2D eigenvalue weighted by atomic mass is 10.4. The predicted molar refractivity (Wildman–Crippen MR) is 41.8 cm³/mol. The van der Waals surface area contributed by atoms with Crippen LogP contribution in [-0.2, 0) is 0 Å². The maximum atomic E-state index is 2.99. The summed E-state index contributed by atoms with van der Waals surface area (Å²) in [4.78, 5) is 0. The SMILES string of the molecule is CC=C=CCCI. The van der Waals surface area contributed by atoms with Gasteiger partial charge in [-0.1, -0.05) is 22.6 Å². The highest BCUT2D eigenvalue weighted by Gasteiger charge is 1.66. The van der Waals surface area contributed by atoms with Crippen LogP contribution >= 0.6 is 22.6 Å². The molecule has 0 saturated heterocycles. The number of hydrogen-bond acceptors (Lipinski definition) is 0. The van der Waals surface area contributed by atoms with Crippen molar-refractivity contribution in [2.45, 2.75) is 13.3 Å². The van der Waals surface area contributed by atoms with Crippen LogP contribution in [0.1, 0.15) is 13.3 Å². The van der Waals surface area contributed by atoms with Crippen molar-refractivity contribution in [3.63, 3.8) is 0 Å². The Balaban J connectivity index is 3.10. The van der Waals surface area contributed by atoms with E-state index in [-0.39, 0.29) is 0 Å². The van der Waals surface area contributed by atoms with Crippen molar-refractivity contribution < 1.29 is 0 Å². The van der Waals surface area contributed by atoms with E-state index >= 15 is 0 Å². The molecule has 0 aliphatic heterocycles. The lowest BCUT2D eigenvalue weighted by Crippen LogP contribution is -1.59. The highest BCUT2D eigenvalue weighted by atomic mass is 127. The van der Waals surface area contributed by atoms with E-state index in [2.05, 4.69) is 28.3 Å². The topological polar surface area (TPSA) is 0 Å². The van der Waals surface area contributed by atoms with Gasteiger partial charge in [0.15, 0.2) is 0 Å². The molecule has 0 aromatic heterocycles. The van der Waals surface area contributed by atoms with E-state index < -0.39 is 0 Å². The highest BCUT2D eigenvalue weighted by Crippen LogP contribution is 1.87. The minimum Gasteiger partial charge on any atom is -0.130 e. The van der Waals surface area contributed by atoms with Crippen LogP contribution in [-0.4, -0.2) is 4.43 Å². The summed E-state index contributed by atoms with van der Waals surface area (Å²) in [5.74, 6) is 0. The summed E-state index contributed by atoms with van der Waals surface area (Å²) >= 11 is 2.34. The third-order valence-electron chi connectivity index (χ3n) is 0.538. The molecule has 7 heavy (non-hydrogen) atoms. The number of allylic oxidation sites excluding steroid dienone is 1. The zero-order valence-electron chi connectivity index (χ0n) is 4.45. The minimum absolute atomic E-state index is 1.14. The van der Waals surface area contributed by atoms with Crippen LogP contribution in [0, 0.1) is 0 Å². The second kappa shape index (κ2) is 6.25. The zero-order valence-corrected chi connectivity index (χ0v) is 6.60. The van der Waals surface area contributed by atoms with Gasteiger partial charge in [-0.05, 0) is 25.5 Å². The van der Waals surface area contributed by atoms with Crippen LogP contribution in [0.3, 0.4) is 0 Å². The van der Waals surface area contributed by atoms with Crippen molar-refractivity contribution in [3.8, 4) is 0 Å². The fraction of sp³-hybridized carbons (Fsp3) is 0.500. The molecule has 0 N–H and O–H groups in total. The molecule has 0 atom stereocenters. The summed E-state index contributed by atoms with van der Waals surface area (Å²) in [6, 6.07) is 0. The highest BCUT2D eigenvalue weighted by molar-refractivity contribution is 14.1. The van der Waals surface area contributed by atoms with Crippen LogP contribution in [0.4, 0.5) is 0 Å². The van der Waals surface area contributed by atoms with Gasteiger partial charge in [0.25, 0.3) is 0 Å². The molecule has 0 aliphatic rings. The molecule has 0 radical (unpaired) electrons. The standard InChI is InChI=1S/C6H9I/c1-2-3-4-5-6-7/h2,4H,5-6H2,1H3. The second-order valence-electron chi connectivity index (χ2n) is 1.14. The van der Waals surface area contributed by atoms with Crippen molar-refractivity contribution in [2.75, 3.05) is 4.43 Å². The molecule has 0 amide bonds. The Morgan fingerprint density at radius 2 is 2.43 bits per heavy atom. The molecular weight excluding hydrogens is 199 g/mol. The third kappa shape index (κ3) is 6.25. The predicted octanol–water partition coefficient (Wildman–Crippen LogP) is 2.54. The summed E-state index contributed by atoms with van der Waals surface area (Å²) in [6.45, 7) is 1.98. The van der Waals surface area contributed by atoms with E-state index in [4.69, 9.17) is 0 Å². The maximum Gasteiger partial charge on any atom is 0.00360 e. The van der Waals surface area contributed by atoms with Crippen LogP contribution in [0.15, 0.2) is 17.9 Å². The van der Waals surface area contributed by atoms with Gasteiger partial charge in [0.2, 0.25) is 0 Å². The monoisotopic (exact) mass is 208 g/mol. The maximum absolute atomic E-state index is 2.99. The van der Waals surface area contributed by atoms with E-state index in [1.165, 1.54) is 4.43 Å². The first kappa shape index (κ1) is 7.25. The third-order valence-corrected chi connectivity index (χ3v) is 1.16. The summed E-state index contributed by atoms with van der Waals surface area (Å²) in [6.07, 6.45) is 5.11. The first-order valence-electron chi connectivity index (χ1n) is 2.33. The molecule has 0 aromatic carbocycles. The molecule has 0 spiro atoms.